The monoisotopic (exact) mass is 233 g/mol. The Hall–Kier alpha value is -1.66. The van der Waals surface area contributed by atoms with Gasteiger partial charge in [-0.05, 0) is 31.9 Å². The number of nitrogens with two attached hydrogens (primary N) is 1. The molecule has 0 saturated carbocycles. The van der Waals surface area contributed by atoms with E-state index in [4.69, 9.17) is 21.6 Å². The van der Waals surface area contributed by atoms with Crippen LogP contribution in [-0.2, 0) is 6.42 Å². The topological polar surface area (TPSA) is 44.5 Å². The van der Waals surface area contributed by atoms with Crippen molar-refractivity contribution in [3.05, 3.63) is 23.8 Å². The van der Waals surface area contributed by atoms with E-state index in [0.29, 0.717) is 12.4 Å². The lowest BCUT2D eigenvalue weighted by Gasteiger charge is -2.15. The summed E-state index contributed by atoms with van der Waals surface area (Å²) in [5, 5.41) is 0. The van der Waals surface area contributed by atoms with Gasteiger partial charge in [-0.25, -0.2) is 0 Å². The van der Waals surface area contributed by atoms with Gasteiger partial charge in [0.25, 0.3) is 0 Å². The van der Waals surface area contributed by atoms with Gasteiger partial charge in [-0.1, -0.05) is 18.1 Å². The van der Waals surface area contributed by atoms with Crippen LogP contribution >= 0.6 is 0 Å². The maximum absolute atomic E-state index is 5.81. The molecule has 0 amide bonds. The first-order chi connectivity index (χ1) is 8.19. The molecule has 92 valence electrons. The Morgan fingerprint density at radius 2 is 2.18 bits per heavy atom. The van der Waals surface area contributed by atoms with E-state index in [2.05, 4.69) is 5.92 Å². The molecule has 1 atom stereocenters. The van der Waals surface area contributed by atoms with Crippen LogP contribution in [0.15, 0.2) is 18.2 Å². The van der Waals surface area contributed by atoms with E-state index in [1.54, 1.807) is 0 Å². The largest absolute Gasteiger partial charge is 0.490 e. The van der Waals surface area contributed by atoms with Crippen molar-refractivity contribution in [1.82, 2.24) is 0 Å². The quantitative estimate of drug-likeness (QED) is 0.764. The van der Waals surface area contributed by atoms with E-state index in [0.717, 1.165) is 17.7 Å². The van der Waals surface area contributed by atoms with Gasteiger partial charge < -0.3 is 15.2 Å². The van der Waals surface area contributed by atoms with Gasteiger partial charge in [0.15, 0.2) is 11.5 Å². The predicted octanol–water partition coefficient (Wildman–Crippen LogP) is 1.99. The van der Waals surface area contributed by atoms with Crippen LogP contribution in [0.4, 0.5) is 0 Å². The Morgan fingerprint density at radius 3 is 2.76 bits per heavy atom. The van der Waals surface area contributed by atoms with Gasteiger partial charge in [-0.2, -0.15) is 0 Å². The molecule has 3 nitrogen and oxygen atoms in total. The van der Waals surface area contributed by atoms with Crippen molar-refractivity contribution >= 4 is 0 Å². The van der Waals surface area contributed by atoms with Crippen LogP contribution in [0.25, 0.3) is 0 Å². The van der Waals surface area contributed by atoms with E-state index in [9.17, 15) is 0 Å². The molecule has 3 heteroatoms. The second-order valence-electron chi connectivity index (χ2n) is 3.85. The van der Waals surface area contributed by atoms with Crippen LogP contribution in [0.5, 0.6) is 11.5 Å². The highest BCUT2D eigenvalue weighted by molar-refractivity contribution is 5.47. The van der Waals surface area contributed by atoms with Crippen LogP contribution in [0.2, 0.25) is 0 Å². The second kappa shape index (κ2) is 6.82. The molecular weight excluding hydrogens is 214 g/mol. The molecule has 1 rings (SSSR count). The molecule has 0 spiro atoms. The summed E-state index contributed by atoms with van der Waals surface area (Å²) in [5.74, 6) is 3.89. The van der Waals surface area contributed by atoms with Crippen molar-refractivity contribution in [2.75, 3.05) is 13.2 Å². The minimum Gasteiger partial charge on any atom is -0.490 e. The van der Waals surface area contributed by atoms with Crippen LogP contribution in [0.3, 0.4) is 0 Å². The smallest absolute Gasteiger partial charge is 0.165 e. The fourth-order valence-electron chi connectivity index (χ4n) is 1.62. The maximum atomic E-state index is 5.81. The number of ether oxygens (including phenoxy) is 2. The van der Waals surface area contributed by atoms with Crippen molar-refractivity contribution in [2.24, 2.45) is 5.73 Å². The highest BCUT2D eigenvalue weighted by Crippen LogP contribution is 2.32. The molecule has 0 aliphatic heterocycles. The van der Waals surface area contributed by atoms with Crippen LogP contribution in [0, 0.1) is 12.3 Å². The summed E-state index contributed by atoms with van der Waals surface area (Å²) in [7, 11) is 0. The molecule has 0 saturated heterocycles. The molecular formula is C14H19NO2. The lowest BCUT2D eigenvalue weighted by molar-refractivity contribution is 0.297. The third-order valence-corrected chi connectivity index (χ3v) is 2.20. The van der Waals surface area contributed by atoms with E-state index in [1.807, 2.05) is 32.0 Å². The molecule has 0 radical (unpaired) electrons. The summed E-state index contributed by atoms with van der Waals surface area (Å²) in [6.07, 6.45) is 5.95. The summed E-state index contributed by atoms with van der Waals surface area (Å²) < 4.78 is 11.1. The molecule has 0 bridgehead atoms. The third kappa shape index (κ3) is 4.01. The molecule has 1 aromatic carbocycles. The summed E-state index contributed by atoms with van der Waals surface area (Å²) in [6.45, 7) is 4.71. The summed E-state index contributed by atoms with van der Waals surface area (Å²) in [4.78, 5) is 0. The van der Waals surface area contributed by atoms with Crippen molar-refractivity contribution < 1.29 is 9.47 Å². The SMILES string of the molecule is C#CCOc1c(CC(C)N)cccc1OCC. The summed E-state index contributed by atoms with van der Waals surface area (Å²) >= 11 is 0. The Balaban J connectivity index is 3.01. The molecule has 0 aliphatic rings. The molecule has 0 aromatic heterocycles. The minimum absolute atomic E-state index is 0.0695. The first-order valence-electron chi connectivity index (χ1n) is 5.75. The van der Waals surface area contributed by atoms with Gasteiger partial charge in [0, 0.05) is 6.04 Å². The highest BCUT2D eigenvalue weighted by Gasteiger charge is 2.11. The average molecular weight is 233 g/mol. The Kier molecular flexibility index (Phi) is 5.38. The van der Waals surface area contributed by atoms with Gasteiger partial charge in [-0.3, -0.25) is 0 Å². The molecule has 0 fully saturated rings. The van der Waals surface area contributed by atoms with Crippen LogP contribution < -0.4 is 15.2 Å². The lowest BCUT2D eigenvalue weighted by Crippen LogP contribution is -2.18. The van der Waals surface area contributed by atoms with Crippen molar-refractivity contribution in [1.29, 1.82) is 0 Å². The predicted molar refractivity (Wildman–Crippen MR) is 69.3 cm³/mol. The van der Waals surface area contributed by atoms with Gasteiger partial charge >= 0.3 is 0 Å². The van der Waals surface area contributed by atoms with E-state index < -0.39 is 0 Å². The zero-order valence-corrected chi connectivity index (χ0v) is 10.4. The number of terminal acetylenes is 1. The average Bonchev–Trinajstić information content (AvgIpc) is 2.28. The Labute approximate surface area is 103 Å². The van der Waals surface area contributed by atoms with Crippen molar-refractivity contribution in [3.8, 4) is 23.8 Å². The van der Waals surface area contributed by atoms with E-state index in [-0.39, 0.29) is 12.6 Å². The Bertz CT molecular complexity index is 394. The second-order valence-corrected chi connectivity index (χ2v) is 3.85. The van der Waals surface area contributed by atoms with Gasteiger partial charge in [0.05, 0.1) is 6.61 Å². The molecule has 17 heavy (non-hydrogen) atoms. The van der Waals surface area contributed by atoms with Gasteiger partial charge in [-0.15, -0.1) is 6.42 Å². The fraction of sp³-hybridized carbons (Fsp3) is 0.429. The zero-order chi connectivity index (χ0) is 12.7. The van der Waals surface area contributed by atoms with Gasteiger partial charge in [0.2, 0.25) is 0 Å². The standard InChI is InChI=1S/C14H19NO2/c1-4-9-17-14-12(10-11(3)15)7-6-8-13(14)16-5-2/h1,6-8,11H,5,9-10,15H2,2-3H3. The molecule has 2 N–H and O–H groups in total. The zero-order valence-electron chi connectivity index (χ0n) is 10.4. The fourth-order valence-corrected chi connectivity index (χ4v) is 1.62. The van der Waals surface area contributed by atoms with E-state index >= 15 is 0 Å². The molecule has 1 unspecified atom stereocenters. The van der Waals surface area contributed by atoms with E-state index in [1.165, 1.54) is 0 Å². The summed E-state index contributed by atoms with van der Waals surface area (Å²) in [5.41, 5.74) is 6.84. The number of rotatable bonds is 6. The number of benzene rings is 1. The van der Waals surface area contributed by atoms with Crippen LogP contribution in [0.1, 0.15) is 19.4 Å². The summed E-state index contributed by atoms with van der Waals surface area (Å²) in [6, 6.07) is 5.86. The first kappa shape index (κ1) is 13.4. The normalized spacial score (nSPS) is 11.6. The number of hydrogen-bond acceptors (Lipinski definition) is 3. The number of para-hydroxylation sites is 1. The highest BCUT2D eigenvalue weighted by atomic mass is 16.5. The van der Waals surface area contributed by atoms with Gasteiger partial charge in [0.1, 0.15) is 6.61 Å². The molecule has 0 heterocycles. The third-order valence-electron chi connectivity index (χ3n) is 2.20. The maximum Gasteiger partial charge on any atom is 0.165 e. The number of hydrogen-bond donors (Lipinski definition) is 1. The van der Waals surface area contributed by atoms with Crippen molar-refractivity contribution in [2.45, 2.75) is 26.3 Å². The Morgan fingerprint density at radius 1 is 1.41 bits per heavy atom. The van der Waals surface area contributed by atoms with Crippen molar-refractivity contribution in [3.63, 3.8) is 0 Å². The molecule has 1 aromatic rings. The first-order valence-corrected chi connectivity index (χ1v) is 5.75. The lowest BCUT2D eigenvalue weighted by atomic mass is 10.1. The minimum atomic E-state index is 0.0695. The molecule has 0 aliphatic carbocycles. The van der Waals surface area contributed by atoms with Crippen LogP contribution in [-0.4, -0.2) is 19.3 Å².